The Bertz CT molecular complexity index is 694. The van der Waals surface area contributed by atoms with E-state index in [9.17, 15) is 4.79 Å². The Labute approximate surface area is 128 Å². The minimum absolute atomic E-state index is 0.0250. The van der Waals surface area contributed by atoms with Crippen LogP contribution in [0.25, 0.3) is 0 Å². The van der Waals surface area contributed by atoms with Gasteiger partial charge in [0.25, 0.3) is 0 Å². The molecule has 1 heterocycles. The van der Waals surface area contributed by atoms with Crippen molar-refractivity contribution in [3.05, 3.63) is 58.1 Å². The van der Waals surface area contributed by atoms with E-state index in [0.29, 0.717) is 22.9 Å². The Morgan fingerprint density at radius 3 is 3.00 bits per heavy atom. The summed E-state index contributed by atoms with van der Waals surface area (Å²) in [6, 6.07) is 11.0. The second-order valence-corrected chi connectivity index (χ2v) is 5.47. The van der Waals surface area contributed by atoms with Gasteiger partial charge in [-0.2, -0.15) is 0 Å². The third-order valence-corrected chi connectivity index (χ3v) is 3.77. The van der Waals surface area contributed by atoms with Crippen molar-refractivity contribution in [1.82, 2.24) is 0 Å². The molecule has 0 N–H and O–H groups in total. The lowest BCUT2D eigenvalue weighted by atomic mass is 10.1. The van der Waals surface area contributed by atoms with E-state index in [2.05, 4.69) is 0 Å². The van der Waals surface area contributed by atoms with Gasteiger partial charge in [0.1, 0.15) is 11.5 Å². The topological polar surface area (TPSA) is 35.5 Å². The molecule has 4 heteroatoms. The molecule has 0 unspecified atom stereocenters. The highest BCUT2D eigenvalue weighted by Gasteiger charge is 2.15. The van der Waals surface area contributed by atoms with Crippen molar-refractivity contribution >= 4 is 17.4 Å². The van der Waals surface area contributed by atoms with Gasteiger partial charge in [-0.1, -0.05) is 17.7 Å². The fraction of sp³-hybridized carbons (Fsp3) is 0.235. The van der Waals surface area contributed by atoms with Crippen LogP contribution in [0.4, 0.5) is 0 Å². The molecule has 2 aromatic rings. The lowest BCUT2D eigenvalue weighted by molar-refractivity contribution is 0.0921. The second kappa shape index (κ2) is 5.78. The molecule has 3 rings (SSSR count). The van der Waals surface area contributed by atoms with Gasteiger partial charge >= 0.3 is 0 Å². The van der Waals surface area contributed by atoms with E-state index in [1.165, 1.54) is 0 Å². The van der Waals surface area contributed by atoms with Gasteiger partial charge in [0, 0.05) is 12.0 Å². The van der Waals surface area contributed by atoms with Crippen molar-refractivity contribution in [1.29, 1.82) is 0 Å². The first-order valence-corrected chi connectivity index (χ1v) is 7.19. The number of aryl methyl sites for hydroxylation is 1. The summed E-state index contributed by atoms with van der Waals surface area (Å²) in [5.41, 5.74) is 2.76. The molecular weight excluding hydrogens is 288 g/mol. The lowest BCUT2D eigenvalue weighted by Crippen LogP contribution is -2.12. The molecule has 0 saturated heterocycles. The third kappa shape index (κ3) is 3.03. The molecule has 2 aromatic carbocycles. The van der Waals surface area contributed by atoms with Crippen LogP contribution in [0.5, 0.6) is 11.5 Å². The van der Waals surface area contributed by atoms with Gasteiger partial charge in [-0.25, -0.2) is 0 Å². The Balaban J connectivity index is 1.70. The quantitative estimate of drug-likeness (QED) is 0.805. The zero-order chi connectivity index (χ0) is 14.8. The SMILES string of the molecule is Cc1ccc(Cl)c(OCC(=O)c2ccc3c(c2)CCO3)c1. The molecule has 0 saturated carbocycles. The summed E-state index contributed by atoms with van der Waals surface area (Å²) in [4.78, 5) is 12.2. The Hall–Kier alpha value is -2.00. The highest BCUT2D eigenvalue weighted by Crippen LogP contribution is 2.27. The number of benzene rings is 2. The van der Waals surface area contributed by atoms with E-state index >= 15 is 0 Å². The van der Waals surface area contributed by atoms with Gasteiger partial charge in [0.15, 0.2) is 12.4 Å². The van der Waals surface area contributed by atoms with Gasteiger partial charge in [-0.05, 0) is 48.4 Å². The smallest absolute Gasteiger partial charge is 0.200 e. The average Bonchev–Trinajstić information content (AvgIpc) is 2.95. The number of rotatable bonds is 4. The van der Waals surface area contributed by atoms with Crippen LogP contribution < -0.4 is 9.47 Å². The highest BCUT2D eigenvalue weighted by atomic mass is 35.5. The first-order valence-electron chi connectivity index (χ1n) is 6.81. The summed E-state index contributed by atoms with van der Waals surface area (Å²) in [7, 11) is 0. The van der Waals surface area contributed by atoms with E-state index in [0.717, 1.165) is 23.3 Å². The standard InChI is InChI=1S/C17H15ClO3/c1-11-2-4-14(18)17(8-11)21-10-15(19)12-3-5-16-13(9-12)6-7-20-16/h2-5,8-9H,6-7,10H2,1H3. The molecule has 21 heavy (non-hydrogen) atoms. The minimum Gasteiger partial charge on any atom is -0.493 e. The predicted molar refractivity (Wildman–Crippen MR) is 81.7 cm³/mol. The molecule has 0 radical (unpaired) electrons. The summed E-state index contributed by atoms with van der Waals surface area (Å²) >= 11 is 6.05. The van der Waals surface area contributed by atoms with Crippen molar-refractivity contribution in [3.63, 3.8) is 0 Å². The maximum atomic E-state index is 12.2. The van der Waals surface area contributed by atoms with Crippen LogP contribution in [0.1, 0.15) is 21.5 Å². The molecule has 0 aromatic heterocycles. The Morgan fingerprint density at radius 1 is 1.29 bits per heavy atom. The van der Waals surface area contributed by atoms with Gasteiger partial charge in [-0.15, -0.1) is 0 Å². The first kappa shape index (κ1) is 14.0. The van der Waals surface area contributed by atoms with Crippen molar-refractivity contribution in [2.45, 2.75) is 13.3 Å². The maximum absolute atomic E-state index is 12.2. The zero-order valence-corrected chi connectivity index (χ0v) is 12.4. The van der Waals surface area contributed by atoms with Crippen LogP contribution in [-0.2, 0) is 6.42 Å². The number of Topliss-reactive ketones (excluding diaryl/α,β-unsaturated/α-hetero) is 1. The number of ether oxygens (including phenoxy) is 2. The van der Waals surface area contributed by atoms with E-state index in [-0.39, 0.29) is 12.4 Å². The third-order valence-electron chi connectivity index (χ3n) is 3.46. The van der Waals surface area contributed by atoms with Crippen molar-refractivity contribution in [2.24, 2.45) is 0 Å². The molecule has 108 valence electrons. The van der Waals surface area contributed by atoms with Crippen LogP contribution in [-0.4, -0.2) is 19.0 Å². The van der Waals surface area contributed by atoms with Crippen LogP contribution in [0.3, 0.4) is 0 Å². The molecule has 0 amide bonds. The molecule has 1 aliphatic heterocycles. The molecular formula is C17H15ClO3. The van der Waals surface area contributed by atoms with E-state index < -0.39 is 0 Å². The normalized spacial score (nSPS) is 12.7. The first-order chi connectivity index (χ1) is 10.1. The van der Waals surface area contributed by atoms with Crippen molar-refractivity contribution < 1.29 is 14.3 Å². The molecule has 0 spiro atoms. The minimum atomic E-state index is -0.0673. The van der Waals surface area contributed by atoms with Gasteiger partial charge in [0.05, 0.1) is 11.6 Å². The second-order valence-electron chi connectivity index (χ2n) is 5.07. The average molecular weight is 303 g/mol. The van der Waals surface area contributed by atoms with E-state index in [1.54, 1.807) is 12.1 Å². The fourth-order valence-corrected chi connectivity index (χ4v) is 2.48. The van der Waals surface area contributed by atoms with Crippen molar-refractivity contribution in [3.8, 4) is 11.5 Å². The molecule has 3 nitrogen and oxygen atoms in total. The van der Waals surface area contributed by atoms with E-state index in [4.69, 9.17) is 21.1 Å². The number of halogens is 1. The monoisotopic (exact) mass is 302 g/mol. The Morgan fingerprint density at radius 2 is 2.14 bits per heavy atom. The number of carbonyl (C=O) groups excluding carboxylic acids is 1. The highest BCUT2D eigenvalue weighted by molar-refractivity contribution is 6.32. The summed E-state index contributed by atoms with van der Waals surface area (Å²) in [5.74, 6) is 1.34. The van der Waals surface area contributed by atoms with Crippen LogP contribution in [0.15, 0.2) is 36.4 Å². The lowest BCUT2D eigenvalue weighted by Gasteiger charge is -2.09. The van der Waals surface area contributed by atoms with Crippen LogP contribution >= 0.6 is 11.6 Å². The number of carbonyl (C=O) groups is 1. The predicted octanol–water partition coefficient (Wildman–Crippen LogP) is 3.85. The summed E-state index contributed by atoms with van der Waals surface area (Å²) in [6.45, 7) is 2.61. The molecule has 0 atom stereocenters. The van der Waals surface area contributed by atoms with Crippen LogP contribution in [0, 0.1) is 6.92 Å². The molecule has 1 aliphatic rings. The number of hydrogen-bond acceptors (Lipinski definition) is 3. The van der Waals surface area contributed by atoms with Gasteiger partial charge < -0.3 is 9.47 Å². The van der Waals surface area contributed by atoms with Gasteiger partial charge in [0.2, 0.25) is 0 Å². The Kier molecular flexibility index (Phi) is 3.84. The van der Waals surface area contributed by atoms with E-state index in [1.807, 2.05) is 31.2 Å². The van der Waals surface area contributed by atoms with Gasteiger partial charge in [-0.3, -0.25) is 4.79 Å². The maximum Gasteiger partial charge on any atom is 0.200 e. The molecule has 0 bridgehead atoms. The zero-order valence-electron chi connectivity index (χ0n) is 11.7. The summed E-state index contributed by atoms with van der Waals surface area (Å²) < 4.78 is 11.0. The summed E-state index contributed by atoms with van der Waals surface area (Å²) in [6.07, 6.45) is 0.848. The molecule has 0 aliphatic carbocycles. The number of fused-ring (bicyclic) bond motifs is 1. The largest absolute Gasteiger partial charge is 0.493 e. The van der Waals surface area contributed by atoms with Crippen molar-refractivity contribution in [2.75, 3.05) is 13.2 Å². The number of hydrogen-bond donors (Lipinski definition) is 0. The number of ketones is 1. The summed E-state index contributed by atoms with van der Waals surface area (Å²) in [5, 5.41) is 0.510. The molecule has 0 fully saturated rings. The fourth-order valence-electron chi connectivity index (χ4n) is 2.31. The van der Waals surface area contributed by atoms with Crippen LogP contribution in [0.2, 0.25) is 5.02 Å².